The minimum absolute atomic E-state index is 0.508. The van der Waals surface area contributed by atoms with Crippen LogP contribution in [-0.2, 0) is 18.0 Å². The molecule has 2 rings (SSSR count). The molecule has 0 saturated carbocycles. The molecule has 0 amide bonds. The smallest absolute Gasteiger partial charge is 0.136 e. The van der Waals surface area contributed by atoms with E-state index in [4.69, 9.17) is 14.8 Å². The van der Waals surface area contributed by atoms with Crippen LogP contribution in [0.1, 0.15) is 16.7 Å². The van der Waals surface area contributed by atoms with Gasteiger partial charge in [0.25, 0.3) is 0 Å². The van der Waals surface area contributed by atoms with Gasteiger partial charge < -0.3 is 4.74 Å². The summed E-state index contributed by atoms with van der Waals surface area (Å²) in [5.41, 5.74) is 5.53. The maximum absolute atomic E-state index is 8.91. The Bertz CT molecular complexity index is 591. The predicted molar refractivity (Wildman–Crippen MR) is 75.8 cm³/mol. The summed E-state index contributed by atoms with van der Waals surface area (Å²) >= 11 is 0. The molecular formula is C16H16N2O2. The van der Waals surface area contributed by atoms with E-state index in [0.717, 1.165) is 11.1 Å². The number of benzene rings is 2. The lowest BCUT2D eigenvalue weighted by molar-refractivity contribution is 0.0235. The first-order valence-corrected chi connectivity index (χ1v) is 6.29. The molecule has 4 heteroatoms. The van der Waals surface area contributed by atoms with E-state index < -0.39 is 0 Å². The summed E-state index contributed by atoms with van der Waals surface area (Å²) in [6.45, 7) is 1.06. The average molecular weight is 268 g/mol. The van der Waals surface area contributed by atoms with Crippen LogP contribution in [0.5, 0.6) is 5.75 Å². The van der Waals surface area contributed by atoms with Gasteiger partial charge in [0.2, 0.25) is 0 Å². The van der Waals surface area contributed by atoms with Crippen LogP contribution in [-0.4, -0.2) is 7.11 Å². The monoisotopic (exact) mass is 268 g/mol. The minimum atomic E-state index is 0.508. The third-order valence-corrected chi connectivity index (χ3v) is 2.85. The van der Waals surface area contributed by atoms with Gasteiger partial charge in [0, 0.05) is 6.54 Å². The molecule has 0 saturated heterocycles. The fourth-order valence-corrected chi connectivity index (χ4v) is 1.78. The maximum atomic E-state index is 8.91. The Labute approximate surface area is 118 Å². The first-order chi connectivity index (χ1) is 9.83. The molecule has 0 aliphatic rings. The normalized spacial score (nSPS) is 10.0. The van der Waals surface area contributed by atoms with Gasteiger partial charge in [0.15, 0.2) is 0 Å². The van der Waals surface area contributed by atoms with Crippen molar-refractivity contribution < 1.29 is 9.57 Å². The first kappa shape index (κ1) is 14.1. The molecule has 4 nitrogen and oxygen atoms in total. The van der Waals surface area contributed by atoms with Crippen LogP contribution in [0.2, 0.25) is 0 Å². The highest BCUT2D eigenvalue weighted by Gasteiger charge is 2.03. The quantitative estimate of drug-likeness (QED) is 0.646. The molecule has 0 heterocycles. The van der Waals surface area contributed by atoms with Gasteiger partial charge in [-0.1, -0.05) is 36.4 Å². The van der Waals surface area contributed by atoms with Crippen LogP contribution in [0.4, 0.5) is 0 Å². The number of hydrogen-bond acceptors (Lipinski definition) is 4. The number of hydroxylamine groups is 1. The summed E-state index contributed by atoms with van der Waals surface area (Å²) in [4.78, 5) is 5.40. The third kappa shape index (κ3) is 3.82. The van der Waals surface area contributed by atoms with Gasteiger partial charge in [-0.25, -0.2) is 0 Å². The van der Waals surface area contributed by atoms with Crippen LogP contribution in [0.15, 0.2) is 48.5 Å². The summed E-state index contributed by atoms with van der Waals surface area (Å²) in [7, 11) is 1.55. The van der Waals surface area contributed by atoms with Gasteiger partial charge in [0.1, 0.15) is 11.8 Å². The number of rotatable bonds is 6. The Balaban J connectivity index is 1.84. The van der Waals surface area contributed by atoms with Gasteiger partial charge in [-0.15, -0.1) is 0 Å². The molecule has 0 fully saturated rings. The second-order valence-electron chi connectivity index (χ2n) is 4.24. The maximum Gasteiger partial charge on any atom is 0.136 e. The zero-order valence-electron chi connectivity index (χ0n) is 11.3. The van der Waals surface area contributed by atoms with E-state index in [9.17, 15) is 0 Å². The number of hydrogen-bond donors (Lipinski definition) is 1. The molecule has 2 aromatic rings. The Hall–Kier alpha value is -2.35. The lowest BCUT2D eigenvalue weighted by Crippen LogP contribution is -2.14. The Kier molecular flexibility index (Phi) is 5.13. The van der Waals surface area contributed by atoms with E-state index in [1.165, 1.54) is 0 Å². The van der Waals surface area contributed by atoms with Crippen molar-refractivity contribution in [2.75, 3.05) is 7.11 Å². The second-order valence-corrected chi connectivity index (χ2v) is 4.24. The number of nitrogens with one attached hydrogen (secondary N) is 1. The van der Waals surface area contributed by atoms with Gasteiger partial charge in [-0.2, -0.15) is 10.7 Å². The zero-order valence-corrected chi connectivity index (χ0v) is 11.3. The van der Waals surface area contributed by atoms with Gasteiger partial charge >= 0.3 is 0 Å². The average Bonchev–Trinajstić information content (AvgIpc) is 2.52. The van der Waals surface area contributed by atoms with E-state index in [-0.39, 0.29) is 0 Å². The molecule has 20 heavy (non-hydrogen) atoms. The molecule has 0 atom stereocenters. The van der Waals surface area contributed by atoms with Crippen molar-refractivity contribution in [2.45, 2.75) is 13.2 Å². The molecule has 0 aliphatic carbocycles. The number of nitrogens with zero attached hydrogens (tertiary/aromatic N) is 1. The number of methoxy groups -OCH3 is 1. The number of nitriles is 1. The Morgan fingerprint density at radius 3 is 2.60 bits per heavy atom. The molecule has 0 spiro atoms. The second kappa shape index (κ2) is 7.29. The van der Waals surface area contributed by atoms with Crippen molar-refractivity contribution in [1.29, 1.82) is 5.26 Å². The van der Waals surface area contributed by atoms with E-state index in [2.05, 4.69) is 11.5 Å². The first-order valence-electron chi connectivity index (χ1n) is 6.29. The van der Waals surface area contributed by atoms with Crippen molar-refractivity contribution in [3.05, 3.63) is 65.2 Å². The molecule has 0 aromatic heterocycles. The van der Waals surface area contributed by atoms with Crippen LogP contribution < -0.4 is 10.2 Å². The summed E-state index contributed by atoms with van der Waals surface area (Å²) in [6.07, 6.45) is 0. The molecular weight excluding hydrogens is 252 g/mol. The summed E-state index contributed by atoms with van der Waals surface area (Å²) in [5.74, 6) is 0.579. The molecule has 0 radical (unpaired) electrons. The van der Waals surface area contributed by atoms with E-state index in [0.29, 0.717) is 24.5 Å². The summed E-state index contributed by atoms with van der Waals surface area (Å²) in [6, 6.07) is 17.5. The molecule has 0 bridgehead atoms. The largest absolute Gasteiger partial charge is 0.495 e. The fourth-order valence-electron chi connectivity index (χ4n) is 1.78. The van der Waals surface area contributed by atoms with Crippen LogP contribution in [0.25, 0.3) is 0 Å². The van der Waals surface area contributed by atoms with Crippen LogP contribution >= 0.6 is 0 Å². The molecule has 1 N–H and O–H groups in total. The van der Waals surface area contributed by atoms with E-state index in [1.807, 2.05) is 42.5 Å². The fraction of sp³-hybridized carbons (Fsp3) is 0.188. The number of ether oxygens (including phenoxy) is 1. The molecule has 0 aliphatic heterocycles. The van der Waals surface area contributed by atoms with Crippen molar-refractivity contribution in [2.24, 2.45) is 0 Å². The molecule has 0 unspecified atom stereocenters. The van der Waals surface area contributed by atoms with Gasteiger partial charge in [0.05, 0.1) is 19.3 Å². The van der Waals surface area contributed by atoms with Crippen LogP contribution in [0, 0.1) is 11.3 Å². The molecule has 2 aromatic carbocycles. The Morgan fingerprint density at radius 2 is 1.90 bits per heavy atom. The standard InChI is InChI=1S/C16H16N2O2/c1-19-16-9-14(7-8-15(16)10-17)11-18-20-12-13-5-3-2-4-6-13/h2-9,18H,11-12H2,1H3. The highest BCUT2D eigenvalue weighted by atomic mass is 16.6. The SMILES string of the molecule is COc1cc(CNOCc2ccccc2)ccc1C#N. The van der Waals surface area contributed by atoms with Crippen molar-refractivity contribution in [1.82, 2.24) is 5.48 Å². The summed E-state index contributed by atoms with van der Waals surface area (Å²) < 4.78 is 5.16. The van der Waals surface area contributed by atoms with Gasteiger partial charge in [-0.05, 0) is 23.3 Å². The Morgan fingerprint density at radius 1 is 1.10 bits per heavy atom. The van der Waals surface area contributed by atoms with Gasteiger partial charge in [-0.3, -0.25) is 4.84 Å². The zero-order chi connectivity index (χ0) is 14.2. The van der Waals surface area contributed by atoms with E-state index >= 15 is 0 Å². The third-order valence-electron chi connectivity index (χ3n) is 2.85. The lowest BCUT2D eigenvalue weighted by atomic mass is 10.1. The van der Waals surface area contributed by atoms with Crippen molar-refractivity contribution in [3.63, 3.8) is 0 Å². The molecule has 102 valence electrons. The minimum Gasteiger partial charge on any atom is -0.495 e. The van der Waals surface area contributed by atoms with Crippen molar-refractivity contribution >= 4 is 0 Å². The van der Waals surface area contributed by atoms with Crippen LogP contribution in [0.3, 0.4) is 0 Å². The highest BCUT2D eigenvalue weighted by molar-refractivity contribution is 5.45. The topological polar surface area (TPSA) is 54.3 Å². The predicted octanol–water partition coefficient (Wildman–Crippen LogP) is 2.79. The van der Waals surface area contributed by atoms with E-state index in [1.54, 1.807) is 13.2 Å². The lowest BCUT2D eigenvalue weighted by Gasteiger charge is -2.08. The summed E-state index contributed by atoms with van der Waals surface area (Å²) in [5, 5.41) is 8.91. The highest BCUT2D eigenvalue weighted by Crippen LogP contribution is 2.19. The van der Waals surface area contributed by atoms with Crippen molar-refractivity contribution in [3.8, 4) is 11.8 Å².